The number of piperidine rings is 1. The summed E-state index contributed by atoms with van der Waals surface area (Å²) in [6, 6.07) is 11.0. The van der Waals surface area contributed by atoms with E-state index in [-0.39, 0.29) is 0 Å². The summed E-state index contributed by atoms with van der Waals surface area (Å²) in [4.78, 5) is 14.4. The Morgan fingerprint density at radius 2 is 1.54 bits per heavy atom. The van der Waals surface area contributed by atoms with Crippen LogP contribution in [0, 0.1) is 0 Å². The molecular formula is C23H30N4S. The smallest absolute Gasteiger partial charge is 0.128 e. The Bertz CT molecular complexity index is 891. The highest BCUT2D eigenvalue weighted by atomic mass is 32.1. The second kappa shape index (κ2) is 8.91. The van der Waals surface area contributed by atoms with E-state index in [9.17, 15) is 0 Å². The van der Waals surface area contributed by atoms with E-state index < -0.39 is 0 Å². The summed E-state index contributed by atoms with van der Waals surface area (Å²) in [5.41, 5.74) is 3.55. The van der Waals surface area contributed by atoms with Gasteiger partial charge in [0.2, 0.25) is 0 Å². The van der Waals surface area contributed by atoms with E-state index in [1.165, 1.54) is 55.6 Å². The average Bonchev–Trinajstić information content (AvgIpc) is 3.45. The number of thiazole rings is 1. The molecular weight excluding hydrogens is 364 g/mol. The largest absolute Gasteiger partial charge is 0.371 e. The molecule has 5 rings (SSSR count). The Morgan fingerprint density at radius 3 is 2.25 bits per heavy atom. The molecule has 28 heavy (non-hydrogen) atoms. The first-order valence-electron chi connectivity index (χ1n) is 10.7. The molecule has 148 valence electrons. The normalized spacial score (nSPS) is 16.9. The molecule has 1 aromatic carbocycles. The molecule has 0 spiro atoms. The van der Waals surface area contributed by atoms with Crippen LogP contribution in [-0.2, 0) is 0 Å². The summed E-state index contributed by atoms with van der Waals surface area (Å²) in [6.45, 7) is 8.62. The minimum absolute atomic E-state index is 1.07. The fourth-order valence-electron chi connectivity index (χ4n) is 4.03. The van der Waals surface area contributed by atoms with Gasteiger partial charge in [0.1, 0.15) is 10.8 Å². The number of pyridine rings is 1. The molecule has 4 heterocycles. The third-order valence-corrected chi connectivity index (χ3v) is 6.59. The lowest BCUT2D eigenvalue weighted by atomic mass is 10.1. The maximum atomic E-state index is 4.84. The van der Waals surface area contributed by atoms with Gasteiger partial charge in [-0.15, -0.1) is 11.3 Å². The van der Waals surface area contributed by atoms with Crippen LogP contribution >= 0.6 is 11.3 Å². The van der Waals surface area contributed by atoms with Gasteiger partial charge < -0.3 is 9.80 Å². The SMILES string of the molecule is CC.c1cc(N2CCCC2)ncc1-c1nc2ccc(N3CCCCC3)cc2s1. The highest BCUT2D eigenvalue weighted by Crippen LogP contribution is 2.33. The zero-order chi connectivity index (χ0) is 19.3. The molecule has 4 nitrogen and oxygen atoms in total. The van der Waals surface area contributed by atoms with Crippen molar-refractivity contribution in [3.8, 4) is 10.6 Å². The Balaban J connectivity index is 0.000000932. The minimum Gasteiger partial charge on any atom is -0.371 e. The zero-order valence-electron chi connectivity index (χ0n) is 17.0. The summed E-state index contributed by atoms with van der Waals surface area (Å²) in [7, 11) is 0. The van der Waals surface area contributed by atoms with Crippen LogP contribution in [0.2, 0.25) is 0 Å². The second-order valence-corrected chi connectivity index (χ2v) is 8.35. The molecule has 0 amide bonds. The van der Waals surface area contributed by atoms with E-state index in [0.717, 1.165) is 35.0 Å². The molecule has 0 saturated carbocycles. The van der Waals surface area contributed by atoms with Gasteiger partial charge in [-0.25, -0.2) is 9.97 Å². The molecule has 2 aliphatic heterocycles. The topological polar surface area (TPSA) is 32.3 Å². The molecule has 0 N–H and O–H groups in total. The highest BCUT2D eigenvalue weighted by Gasteiger charge is 2.15. The summed E-state index contributed by atoms with van der Waals surface area (Å²) in [5.74, 6) is 1.10. The fourth-order valence-corrected chi connectivity index (χ4v) is 5.02. The van der Waals surface area contributed by atoms with Crippen LogP contribution < -0.4 is 9.80 Å². The predicted octanol–water partition coefficient (Wildman–Crippen LogP) is 5.98. The zero-order valence-corrected chi connectivity index (χ0v) is 17.8. The number of anilines is 2. The average molecular weight is 395 g/mol. The molecule has 3 aromatic rings. The number of benzene rings is 1. The van der Waals surface area contributed by atoms with Crippen molar-refractivity contribution >= 4 is 33.1 Å². The maximum Gasteiger partial charge on any atom is 0.128 e. The molecule has 2 aliphatic rings. The number of nitrogens with zero attached hydrogens (tertiary/aromatic N) is 4. The number of rotatable bonds is 3. The standard InChI is InChI=1S/C21H24N4S.C2H6/c1-2-10-24(11-3-1)17-7-8-18-19(14-17)26-21(23-18)16-6-9-20(22-15-16)25-12-4-5-13-25;1-2/h6-9,14-15H,1-5,10-13H2;1-2H3. The first-order chi connectivity index (χ1) is 13.9. The fraction of sp³-hybridized carbons (Fsp3) is 0.478. The summed E-state index contributed by atoms with van der Waals surface area (Å²) < 4.78 is 1.27. The lowest BCUT2D eigenvalue weighted by molar-refractivity contribution is 0.578. The van der Waals surface area contributed by atoms with Crippen LogP contribution in [-0.4, -0.2) is 36.1 Å². The van der Waals surface area contributed by atoms with E-state index in [1.807, 2.05) is 20.0 Å². The summed E-state index contributed by atoms with van der Waals surface area (Å²) in [6.07, 6.45) is 8.52. The van der Waals surface area contributed by atoms with Gasteiger partial charge in [-0.05, 0) is 62.4 Å². The van der Waals surface area contributed by atoms with Crippen LogP contribution in [0.5, 0.6) is 0 Å². The van der Waals surface area contributed by atoms with Crippen molar-refractivity contribution in [3.63, 3.8) is 0 Å². The molecule has 0 radical (unpaired) electrons. The number of hydrogen-bond donors (Lipinski definition) is 0. The van der Waals surface area contributed by atoms with Crippen molar-refractivity contribution < 1.29 is 0 Å². The van der Waals surface area contributed by atoms with Crippen LogP contribution in [0.15, 0.2) is 36.5 Å². The van der Waals surface area contributed by atoms with Crippen molar-refractivity contribution in [2.75, 3.05) is 36.0 Å². The number of hydrogen-bond acceptors (Lipinski definition) is 5. The van der Waals surface area contributed by atoms with Crippen molar-refractivity contribution in [1.29, 1.82) is 0 Å². The van der Waals surface area contributed by atoms with Crippen molar-refractivity contribution in [2.45, 2.75) is 46.0 Å². The van der Waals surface area contributed by atoms with Crippen LogP contribution in [0.25, 0.3) is 20.8 Å². The van der Waals surface area contributed by atoms with E-state index in [4.69, 9.17) is 4.98 Å². The van der Waals surface area contributed by atoms with E-state index in [0.29, 0.717) is 0 Å². The molecule has 0 unspecified atom stereocenters. The minimum atomic E-state index is 1.07. The third-order valence-electron chi connectivity index (χ3n) is 5.52. The molecule has 2 fully saturated rings. The Morgan fingerprint density at radius 1 is 0.821 bits per heavy atom. The van der Waals surface area contributed by atoms with E-state index in [1.54, 1.807) is 11.3 Å². The van der Waals surface area contributed by atoms with E-state index >= 15 is 0 Å². The Kier molecular flexibility index (Phi) is 6.10. The van der Waals surface area contributed by atoms with Crippen LogP contribution in [0.1, 0.15) is 46.0 Å². The quantitative estimate of drug-likeness (QED) is 0.547. The lowest BCUT2D eigenvalue weighted by Crippen LogP contribution is -2.29. The molecule has 2 aromatic heterocycles. The highest BCUT2D eigenvalue weighted by molar-refractivity contribution is 7.21. The van der Waals surface area contributed by atoms with Gasteiger partial charge in [-0.2, -0.15) is 0 Å². The van der Waals surface area contributed by atoms with E-state index in [2.05, 4.69) is 45.1 Å². The number of aromatic nitrogens is 2. The Labute approximate surface area is 172 Å². The molecule has 5 heteroatoms. The second-order valence-electron chi connectivity index (χ2n) is 7.32. The molecule has 0 bridgehead atoms. The third kappa shape index (κ3) is 4.00. The first kappa shape index (κ1) is 19.2. The molecule has 0 atom stereocenters. The predicted molar refractivity (Wildman–Crippen MR) is 122 cm³/mol. The summed E-state index contributed by atoms with van der Waals surface area (Å²) >= 11 is 1.78. The van der Waals surface area contributed by atoms with Gasteiger partial charge in [0, 0.05) is 43.6 Å². The van der Waals surface area contributed by atoms with Gasteiger partial charge in [-0.1, -0.05) is 13.8 Å². The van der Waals surface area contributed by atoms with Gasteiger partial charge in [0.25, 0.3) is 0 Å². The van der Waals surface area contributed by atoms with Gasteiger partial charge in [0.05, 0.1) is 10.2 Å². The maximum absolute atomic E-state index is 4.84. The van der Waals surface area contributed by atoms with Gasteiger partial charge in [0.15, 0.2) is 0 Å². The lowest BCUT2D eigenvalue weighted by Gasteiger charge is -2.28. The first-order valence-corrected chi connectivity index (χ1v) is 11.6. The summed E-state index contributed by atoms with van der Waals surface area (Å²) in [5, 5.41) is 1.07. The molecule has 0 aliphatic carbocycles. The Hall–Kier alpha value is -2.14. The van der Waals surface area contributed by atoms with Crippen LogP contribution in [0.3, 0.4) is 0 Å². The molecule has 2 saturated heterocycles. The van der Waals surface area contributed by atoms with Crippen molar-refractivity contribution in [2.24, 2.45) is 0 Å². The van der Waals surface area contributed by atoms with Crippen LogP contribution in [0.4, 0.5) is 11.5 Å². The monoisotopic (exact) mass is 394 g/mol. The van der Waals surface area contributed by atoms with Crippen molar-refractivity contribution in [1.82, 2.24) is 9.97 Å². The van der Waals surface area contributed by atoms with Gasteiger partial charge >= 0.3 is 0 Å². The van der Waals surface area contributed by atoms with Crippen molar-refractivity contribution in [3.05, 3.63) is 36.5 Å². The number of fused-ring (bicyclic) bond motifs is 1. The van der Waals surface area contributed by atoms with Gasteiger partial charge in [-0.3, -0.25) is 0 Å².